The molecular formula is C11H13NO3. The molecule has 4 heteroatoms. The Hall–Kier alpha value is -1.84. The summed E-state index contributed by atoms with van der Waals surface area (Å²) >= 11 is 0. The number of ether oxygens (including phenoxy) is 1. The van der Waals surface area contributed by atoms with Gasteiger partial charge in [0, 0.05) is 0 Å². The second-order valence-corrected chi connectivity index (χ2v) is 3.15. The van der Waals surface area contributed by atoms with E-state index in [1.807, 2.05) is 6.07 Å². The van der Waals surface area contributed by atoms with Crippen molar-refractivity contribution in [3.05, 3.63) is 35.9 Å². The maximum atomic E-state index is 11.2. The molecule has 0 saturated heterocycles. The lowest BCUT2D eigenvalue weighted by Crippen LogP contribution is -2.24. The summed E-state index contributed by atoms with van der Waals surface area (Å²) in [4.78, 5) is 22.2. The Labute approximate surface area is 88.0 Å². The van der Waals surface area contributed by atoms with Crippen LogP contribution in [0.2, 0.25) is 0 Å². The van der Waals surface area contributed by atoms with Crippen LogP contribution < -0.4 is 5.73 Å². The van der Waals surface area contributed by atoms with Crippen molar-refractivity contribution in [1.82, 2.24) is 0 Å². The van der Waals surface area contributed by atoms with E-state index in [2.05, 4.69) is 4.74 Å². The summed E-state index contributed by atoms with van der Waals surface area (Å²) in [7, 11) is 1.28. The highest BCUT2D eigenvalue weighted by atomic mass is 16.5. The topological polar surface area (TPSA) is 69.4 Å². The van der Waals surface area contributed by atoms with Gasteiger partial charge in [0.05, 0.1) is 19.4 Å². The van der Waals surface area contributed by atoms with E-state index in [-0.39, 0.29) is 6.42 Å². The van der Waals surface area contributed by atoms with Crippen molar-refractivity contribution < 1.29 is 14.3 Å². The van der Waals surface area contributed by atoms with Gasteiger partial charge in [0.2, 0.25) is 5.91 Å². The molecule has 15 heavy (non-hydrogen) atoms. The minimum Gasteiger partial charge on any atom is -0.469 e. The number of nitrogens with two attached hydrogens (primary N) is 1. The molecule has 0 aliphatic rings. The third-order valence-electron chi connectivity index (χ3n) is 2.14. The molecule has 0 aliphatic carbocycles. The summed E-state index contributed by atoms with van der Waals surface area (Å²) in [6.45, 7) is 0. The fourth-order valence-corrected chi connectivity index (χ4v) is 1.32. The van der Waals surface area contributed by atoms with Crippen LogP contribution in [0.5, 0.6) is 0 Å². The second-order valence-electron chi connectivity index (χ2n) is 3.15. The molecule has 1 aromatic carbocycles. The zero-order valence-electron chi connectivity index (χ0n) is 8.47. The summed E-state index contributed by atoms with van der Waals surface area (Å²) in [6.07, 6.45) is -0.0180. The van der Waals surface area contributed by atoms with Crippen LogP contribution in [0.15, 0.2) is 30.3 Å². The number of methoxy groups -OCH3 is 1. The van der Waals surface area contributed by atoms with E-state index in [1.54, 1.807) is 24.3 Å². The van der Waals surface area contributed by atoms with E-state index in [9.17, 15) is 9.59 Å². The average molecular weight is 207 g/mol. The van der Waals surface area contributed by atoms with Crippen molar-refractivity contribution in [3.63, 3.8) is 0 Å². The van der Waals surface area contributed by atoms with Crippen molar-refractivity contribution in [1.29, 1.82) is 0 Å². The van der Waals surface area contributed by atoms with Gasteiger partial charge >= 0.3 is 5.97 Å². The van der Waals surface area contributed by atoms with Crippen molar-refractivity contribution in [2.45, 2.75) is 12.3 Å². The number of carbonyl (C=O) groups excluding carboxylic acids is 2. The Morgan fingerprint density at radius 3 is 2.40 bits per heavy atom. The molecule has 0 bridgehead atoms. The number of hydrogen-bond acceptors (Lipinski definition) is 3. The van der Waals surface area contributed by atoms with E-state index >= 15 is 0 Å². The van der Waals surface area contributed by atoms with Crippen LogP contribution in [0.1, 0.15) is 17.9 Å². The fourth-order valence-electron chi connectivity index (χ4n) is 1.32. The fraction of sp³-hybridized carbons (Fsp3) is 0.273. The van der Waals surface area contributed by atoms with Crippen molar-refractivity contribution in [3.8, 4) is 0 Å². The number of amides is 1. The van der Waals surface area contributed by atoms with Gasteiger partial charge in [-0.2, -0.15) is 0 Å². The number of esters is 1. The van der Waals surface area contributed by atoms with Crippen LogP contribution in [-0.2, 0) is 14.3 Å². The highest BCUT2D eigenvalue weighted by molar-refractivity contribution is 5.86. The van der Waals surface area contributed by atoms with Crippen LogP contribution in [0.3, 0.4) is 0 Å². The molecule has 0 saturated carbocycles. The minimum atomic E-state index is -0.612. The molecule has 0 aromatic heterocycles. The molecule has 1 atom stereocenters. The maximum absolute atomic E-state index is 11.2. The largest absolute Gasteiger partial charge is 0.469 e. The SMILES string of the molecule is COC(=O)CC(C(N)=O)c1ccccc1. The van der Waals surface area contributed by atoms with Gasteiger partial charge in [-0.1, -0.05) is 30.3 Å². The van der Waals surface area contributed by atoms with Crippen LogP contribution in [0.25, 0.3) is 0 Å². The zero-order chi connectivity index (χ0) is 11.3. The number of carbonyl (C=O) groups is 2. The molecule has 1 amide bonds. The summed E-state index contributed by atoms with van der Waals surface area (Å²) in [5.74, 6) is -1.58. The van der Waals surface area contributed by atoms with Gasteiger partial charge in [0.1, 0.15) is 0 Å². The molecule has 0 spiro atoms. The van der Waals surface area contributed by atoms with Crippen LogP contribution in [0, 0.1) is 0 Å². The van der Waals surface area contributed by atoms with Gasteiger partial charge < -0.3 is 10.5 Å². The third-order valence-corrected chi connectivity index (χ3v) is 2.14. The Morgan fingerprint density at radius 1 is 1.33 bits per heavy atom. The van der Waals surface area contributed by atoms with Gasteiger partial charge in [0.15, 0.2) is 0 Å². The lowest BCUT2D eigenvalue weighted by molar-refractivity contribution is -0.142. The average Bonchev–Trinajstić information content (AvgIpc) is 2.26. The number of rotatable bonds is 4. The van der Waals surface area contributed by atoms with Gasteiger partial charge in [-0.05, 0) is 5.56 Å². The van der Waals surface area contributed by atoms with E-state index in [0.717, 1.165) is 5.56 Å². The Morgan fingerprint density at radius 2 is 1.93 bits per heavy atom. The second kappa shape index (κ2) is 5.14. The molecule has 0 fully saturated rings. The summed E-state index contributed by atoms with van der Waals surface area (Å²) in [6, 6.07) is 8.95. The molecule has 1 unspecified atom stereocenters. The Kier molecular flexibility index (Phi) is 3.85. The standard InChI is InChI=1S/C11H13NO3/c1-15-10(13)7-9(11(12)14)8-5-3-2-4-6-8/h2-6,9H,7H2,1H3,(H2,12,14). The Balaban J connectivity index is 2.84. The summed E-state index contributed by atoms with van der Waals surface area (Å²) in [5, 5.41) is 0. The van der Waals surface area contributed by atoms with Gasteiger partial charge in [-0.3, -0.25) is 9.59 Å². The predicted molar refractivity (Wildman–Crippen MR) is 55.0 cm³/mol. The van der Waals surface area contributed by atoms with Crippen LogP contribution in [0.4, 0.5) is 0 Å². The lowest BCUT2D eigenvalue weighted by atomic mass is 9.95. The van der Waals surface area contributed by atoms with Gasteiger partial charge in [0.25, 0.3) is 0 Å². The molecule has 0 aliphatic heterocycles. The number of primary amides is 1. The Bertz CT molecular complexity index is 348. The van der Waals surface area contributed by atoms with Crippen molar-refractivity contribution in [2.24, 2.45) is 5.73 Å². The quantitative estimate of drug-likeness (QED) is 0.743. The molecule has 0 heterocycles. The van der Waals surface area contributed by atoms with Crippen molar-refractivity contribution in [2.75, 3.05) is 7.11 Å². The molecular weight excluding hydrogens is 194 g/mol. The third kappa shape index (κ3) is 3.09. The smallest absolute Gasteiger partial charge is 0.306 e. The van der Waals surface area contributed by atoms with E-state index in [1.165, 1.54) is 7.11 Å². The molecule has 0 radical (unpaired) electrons. The predicted octanol–water partition coefficient (Wildman–Crippen LogP) is 0.819. The molecule has 80 valence electrons. The van der Waals surface area contributed by atoms with E-state index < -0.39 is 17.8 Å². The normalized spacial score (nSPS) is 11.8. The first-order valence-corrected chi connectivity index (χ1v) is 4.56. The molecule has 1 aromatic rings. The number of benzene rings is 1. The molecule has 2 N–H and O–H groups in total. The number of hydrogen-bond donors (Lipinski definition) is 1. The van der Waals surface area contributed by atoms with Gasteiger partial charge in [-0.25, -0.2) is 0 Å². The monoisotopic (exact) mass is 207 g/mol. The molecule has 1 rings (SSSR count). The first kappa shape index (κ1) is 11.2. The summed E-state index contributed by atoms with van der Waals surface area (Å²) < 4.78 is 4.51. The highest BCUT2D eigenvalue weighted by Crippen LogP contribution is 2.19. The maximum Gasteiger partial charge on any atom is 0.306 e. The zero-order valence-corrected chi connectivity index (χ0v) is 8.47. The van der Waals surface area contributed by atoms with E-state index in [0.29, 0.717) is 0 Å². The highest BCUT2D eigenvalue weighted by Gasteiger charge is 2.21. The van der Waals surface area contributed by atoms with Crippen molar-refractivity contribution >= 4 is 11.9 Å². The minimum absolute atomic E-state index is 0.0180. The van der Waals surface area contributed by atoms with Gasteiger partial charge in [-0.15, -0.1) is 0 Å². The van der Waals surface area contributed by atoms with E-state index in [4.69, 9.17) is 5.73 Å². The molecule has 4 nitrogen and oxygen atoms in total. The van der Waals surface area contributed by atoms with Crippen LogP contribution >= 0.6 is 0 Å². The first-order chi connectivity index (χ1) is 7.15. The first-order valence-electron chi connectivity index (χ1n) is 4.56. The lowest BCUT2D eigenvalue weighted by Gasteiger charge is -2.11. The van der Waals surface area contributed by atoms with Crippen LogP contribution in [-0.4, -0.2) is 19.0 Å². The summed E-state index contributed by atoms with van der Waals surface area (Å²) in [5.41, 5.74) is 5.96.